The van der Waals surface area contributed by atoms with Crippen LogP contribution in [-0.4, -0.2) is 138 Å². The molecule has 63 heavy (non-hydrogen) atoms. The van der Waals surface area contributed by atoms with Gasteiger partial charge in [0, 0.05) is 25.9 Å². The van der Waals surface area contributed by atoms with Crippen LogP contribution in [0.25, 0.3) is 0 Å². The molecular weight excluding hydrogens is 821 g/mol. The fourth-order valence-corrected chi connectivity index (χ4v) is 8.09. The highest BCUT2D eigenvalue weighted by atomic mass is 16.6. The minimum Gasteiger partial charge on any atom is -0.480 e. The molecule has 336 valence electrons. The lowest BCUT2D eigenvalue weighted by atomic mass is 10.1. The number of carboxylic acids is 1. The van der Waals surface area contributed by atoms with Crippen LogP contribution in [0, 0.1) is 0 Å². The number of aliphatic carboxylic acids is 1. The van der Waals surface area contributed by atoms with Crippen molar-refractivity contribution in [2.45, 2.75) is 128 Å². The maximum Gasteiger partial charge on any atom is 0.331 e. The Hall–Kier alpha value is -6.50. The highest BCUT2D eigenvalue weighted by molar-refractivity contribution is 6.23. The molecule has 5 aliphatic rings. The summed E-state index contributed by atoms with van der Waals surface area (Å²) in [6.45, 7) is 11.1. The zero-order valence-electron chi connectivity index (χ0n) is 36.1. The van der Waals surface area contributed by atoms with Gasteiger partial charge in [0.15, 0.2) is 6.04 Å². The number of esters is 2. The lowest BCUT2D eigenvalue weighted by molar-refractivity contribution is -0.188. The molecule has 4 atom stereocenters. The fourth-order valence-electron chi connectivity index (χ4n) is 8.09. The summed E-state index contributed by atoms with van der Waals surface area (Å²) < 4.78 is 10.8. The lowest BCUT2D eigenvalue weighted by Crippen LogP contribution is -2.63. The molecule has 3 saturated heterocycles. The third-order valence-electron chi connectivity index (χ3n) is 10.9. The molecule has 0 radical (unpaired) electrons. The molecule has 0 aliphatic carbocycles. The molecule has 0 saturated carbocycles. The van der Waals surface area contributed by atoms with Crippen molar-refractivity contribution in [3.63, 3.8) is 0 Å². The molecule has 2 N–H and O–H groups in total. The number of nitrogens with one attached hydrogen (secondary N) is 1. The number of nitrogens with zero attached hydrogens (tertiary/aromatic N) is 5. The van der Waals surface area contributed by atoms with E-state index in [0.29, 0.717) is 43.7 Å². The van der Waals surface area contributed by atoms with Crippen LogP contribution in [0.4, 0.5) is 0 Å². The molecule has 0 spiro atoms. The quantitative estimate of drug-likeness (QED) is 0.287. The van der Waals surface area contributed by atoms with E-state index in [-0.39, 0.29) is 53.8 Å². The Morgan fingerprint density at radius 2 is 1.22 bits per heavy atom. The minimum absolute atomic E-state index is 0.0111. The number of ether oxygens (including phenoxy) is 2. The number of hydrogen-bond donors (Lipinski definition) is 2. The number of rotatable bonds is 8. The van der Waals surface area contributed by atoms with E-state index in [4.69, 9.17) is 9.47 Å². The van der Waals surface area contributed by atoms with Gasteiger partial charge in [-0.15, -0.1) is 0 Å². The molecule has 2 aromatic rings. The second-order valence-electron chi connectivity index (χ2n) is 17.8. The van der Waals surface area contributed by atoms with Crippen LogP contribution in [0.2, 0.25) is 0 Å². The van der Waals surface area contributed by atoms with Crippen LogP contribution in [-0.2, 0) is 38.2 Å². The number of carbonyl (C=O) groups is 10. The van der Waals surface area contributed by atoms with E-state index in [1.54, 1.807) is 77.9 Å². The van der Waals surface area contributed by atoms with Gasteiger partial charge in [0.25, 0.3) is 29.5 Å². The summed E-state index contributed by atoms with van der Waals surface area (Å²) in [6, 6.07) is 8.19. The van der Waals surface area contributed by atoms with Crippen molar-refractivity contribution in [3.8, 4) is 0 Å². The van der Waals surface area contributed by atoms with E-state index < -0.39 is 88.7 Å². The Kier molecular flexibility index (Phi) is 13.2. The first-order valence-corrected chi connectivity index (χ1v) is 20.9. The fraction of sp³-hybridized carbons (Fsp3) is 0.500. The van der Waals surface area contributed by atoms with Crippen molar-refractivity contribution in [1.29, 1.82) is 0 Å². The number of imide groups is 2. The summed E-state index contributed by atoms with van der Waals surface area (Å²) in [4.78, 5) is 129. The molecule has 5 aliphatic heterocycles. The SMILES string of the molecule is CC(C)(C)OC(=O)C1CCCN(C(=O)CC[C@@H](C(=O)O)N2C(=O)c3ccccc3C2=O)N1.CC(C)(C)OC(=O)C1CCCN2C(=O)CC[C@H](N3C(=O)c4ccccc4C3=O)C(=O)N12. The number of carbonyl (C=O) groups excluding carboxylic acids is 9. The third-order valence-corrected chi connectivity index (χ3v) is 10.9. The van der Waals surface area contributed by atoms with Gasteiger partial charge in [-0.1, -0.05) is 24.3 Å². The van der Waals surface area contributed by atoms with E-state index in [1.165, 1.54) is 22.2 Å². The average Bonchev–Trinajstić information content (AvgIpc) is 3.57. The van der Waals surface area contributed by atoms with Gasteiger partial charge in [-0.05, 0) is 104 Å². The molecular formula is C44H52N6O13. The van der Waals surface area contributed by atoms with Gasteiger partial charge in [-0.3, -0.25) is 58.2 Å². The first-order valence-electron chi connectivity index (χ1n) is 20.9. The first kappa shape index (κ1) is 46.0. The van der Waals surface area contributed by atoms with Gasteiger partial charge >= 0.3 is 17.9 Å². The number of carboxylic acid groups (broad SMARTS) is 1. The monoisotopic (exact) mass is 872 g/mol. The smallest absolute Gasteiger partial charge is 0.331 e. The molecule has 2 unspecified atom stereocenters. The van der Waals surface area contributed by atoms with Crippen LogP contribution in [0.15, 0.2) is 48.5 Å². The van der Waals surface area contributed by atoms with Gasteiger partial charge in [-0.25, -0.2) is 20.0 Å². The van der Waals surface area contributed by atoms with E-state index in [0.717, 1.165) is 9.91 Å². The summed E-state index contributed by atoms with van der Waals surface area (Å²) in [5, 5.41) is 13.3. The summed E-state index contributed by atoms with van der Waals surface area (Å²) in [6.07, 6.45) is 1.48. The highest BCUT2D eigenvalue weighted by Crippen LogP contribution is 2.33. The highest BCUT2D eigenvalue weighted by Gasteiger charge is 2.51. The van der Waals surface area contributed by atoms with Gasteiger partial charge in [0.05, 0.1) is 22.3 Å². The Labute approximate surface area is 363 Å². The van der Waals surface area contributed by atoms with Gasteiger partial charge < -0.3 is 14.6 Å². The number of hydrogen-bond acceptors (Lipinski definition) is 13. The third kappa shape index (κ3) is 9.77. The van der Waals surface area contributed by atoms with E-state index in [9.17, 15) is 53.1 Å². The van der Waals surface area contributed by atoms with Crippen molar-refractivity contribution in [2.75, 3.05) is 13.1 Å². The van der Waals surface area contributed by atoms with Crippen LogP contribution in [0.1, 0.15) is 134 Å². The van der Waals surface area contributed by atoms with Crippen molar-refractivity contribution < 1.29 is 62.5 Å². The summed E-state index contributed by atoms with van der Waals surface area (Å²) in [7, 11) is 0. The zero-order chi connectivity index (χ0) is 46.1. The minimum atomic E-state index is -1.47. The Balaban J connectivity index is 0.000000210. The van der Waals surface area contributed by atoms with Crippen molar-refractivity contribution in [2.24, 2.45) is 0 Å². The molecule has 19 heteroatoms. The molecule has 5 heterocycles. The summed E-state index contributed by atoms with van der Waals surface area (Å²) in [5.41, 5.74) is 2.18. The number of benzene rings is 2. The van der Waals surface area contributed by atoms with Crippen molar-refractivity contribution in [3.05, 3.63) is 70.8 Å². The molecule has 19 nitrogen and oxygen atoms in total. The normalized spacial score (nSPS) is 21.8. The van der Waals surface area contributed by atoms with E-state index in [1.807, 2.05) is 0 Å². The Morgan fingerprint density at radius 1 is 0.714 bits per heavy atom. The van der Waals surface area contributed by atoms with Crippen LogP contribution < -0.4 is 5.43 Å². The van der Waals surface area contributed by atoms with Crippen LogP contribution >= 0.6 is 0 Å². The predicted molar refractivity (Wildman–Crippen MR) is 219 cm³/mol. The van der Waals surface area contributed by atoms with Gasteiger partial charge in [-0.2, -0.15) is 0 Å². The van der Waals surface area contributed by atoms with Gasteiger partial charge in [0.2, 0.25) is 11.8 Å². The van der Waals surface area contributed by atoms with Gasteiger partial charge in [0.1, 0.15) is 29.3 Å². The topological polar surface area (TPSA) is 238 Å². The first-order chi connectivity index (χ1) is 29.6. The second-order valence-corrected chi connectivity index (χ2v) is 17.8. The van der Waals surface area contributed by atoms with Crippen LogP contribution in [0.3, 0.4) is 0 Å². The molecule has 0 aromatic heterocycles. The van der Waals surface area contributed by atoms with E-state index >= 15 is 0 Å². The molecule has 7 amide bonds. The number of hydrazine groups is 2. The average molecular weight is 873 g/mol. The molecule has 2 aromatic carbocycles. The van der Waals surface area contributed by atoms with Crippen LogP contribution in [0.5, 0.6) is 0 Å². The Morgan fingerprint density at radius 3 is 1.75 bits per heavy atom. The largest absolute Gasteiger partial charge is 0.480 e. The second kappa shape index (κ2) is 18.1. The molecule has 7 rings (SSSR count). The molecule has 3 fully saturated rings. The van der Waals surface area contributed by atoms with E-state index in [2.05, 4.69) is 5.43 Å². The standard InChI is InChI=1S/C22H27N3O7.C22H25N3O6/c1-22(2,3)32-21(31)15-9-6-12-24(23-15)17(26)11-10-16(20(29)30)25-18(27)13-7-4-5-8-14(13)19(25)28;1-22(2,3)31-21(30)16-9-6-12-23-17(26)11-10-15(20(29)25(16)23)24-18(27)13-7-4-5-8-14(13)19(24)28/h4-5,7-8,15-16,23H,6,9-12H2,1-3H3,(H,29,30);4-5,7-8,15-16H,6,9-12H2,1-3H3/t15?,16-;15-,16?/m00/s1. The van der Waals surface area contributed by atoms with Crippen molar-refractivity contribution >= 4 is 59.3 Å². The van der Waals surface area contributed by atoms with Crippen molar-refractivity contribution in [1.82, 2.24) is 30.3 Å². The number of fused-ring (bicyclic) bond motifs is 3. The number of amides is 7. The Bertz CT molecular complexity index is 2180. The predicted octanol–water partition coefficient (Wildman–Crippen LogP) is 2.87. The molecule has 0 bridgehead atoms. The summed E-state index contributed by atoms with van der Waals surface area (Å²) in [5.74, 6) is -6.32. The zero-order valence-corrected chi connectivity index (χ0v) is 36.1. The maximum atomic E-state index is 13.6. The maximum absolute atomic E-state index is 13.6. The summed E-state index contributed by atoms with van der Waals surface area (Å²) >= 11 is 0. The lowest BCUT2D eigenvalue weighted by Gasteiger charge is -2.43.